The standard InChI is InChI=1S/C24H22ClN3O3/c1-3-15(2)16-6-9-18(10-7-16)30-14-22(29)27-17-8-11-20(25)19(13-17)24-28-23-21(31-24)5-4-12-26-23/h4-13,15H,3,14H2,1-2H3,(H,27,29)/t15-/m1/s1. The third-order valence-corrected chi connectivity index (χ3v) is 5.41. The number of carbonyl (C=O) groups is 1. The van der Waals surface area contributed by atoms with Crippen LogP contribution in [0.25, 0.3) is 22.7 Å². The van der Waals surface area contributed by atoms with Gasteiger partial charge in [0.25, 0.3) is 5.91 Å². The smallest absolute Gasteiger partial charge is 0.262 e. The zero-order valence-corrected chi connectivity index (χ0v) is 18.0. The molecule has 0 saturated carbocycles. The van der Waals surface area contributed by atoms with E-state index in [0.717, 1.165) is 6.42 Å². The molecule has 2 aromatic heterocycles. The van der Waals surface area contributed by atoms with E-state index in [4.69, 9.17) is 20.8 Å². The van der Waals surface area contributed by atoms with Crippen molar-refractivity contribution in [1.29, 1.82) is 0 Å². The molecule has 0 radical (unpaired) electrons. The first-order valence-electron chi connectivity index (χ1n) is 10.1. The summed E-state index contributed by atoms with van der Waals surface area (Å²) in [5.41, 5.74) is 3.45. The average molecular weight is 436 g/mol. The van der Waals surface area contributed by atoms with Crippen LogP contribution in [0.5, 0.6) is 5.75 Å². The Bertz CT molecular complexity index is 1170. The molecule has 4 aromatic rings. The molecule has 0 aliphatic heterocycles. The maximum absolute atomic E-state index is 12.4. The summed E-state index contributed by atoms with van der Waals surface area (Å²) < 4.78 is 11.3. The van der Waals surface area contributed by atoms with Crippen LogP contribution < -0.4 is 10.1 Å². The number of nitrogens with zero attached hydrogens (tertiary/aromatic N) is 2. The maximum atomic E-state index is 12.4. The van der Waals surface area contributed by atoms with Gasteiger partial charge in [0, 0.05) is 11.9 Å². The summed E-state index contributed by atoms with van der Waals surface area (Å²) >= 11 is 6.32. The molecule has 4 rings (SSSR count). The Morgan fingerprint density at radius 3 is 2.74 bits per heavy atom. The van der Waals surface area contributed by atoms with Crippen molar-refractivity contribution in [2.24, 2.45) is 0 Å². The number of hydrogen-bond acceptors (Lipinski definition) is 5. The van der Waals surface area contributed by atoms with E-state index >= 15 is 0 Å². The summed E-state index contributed by atoms with van der Waals surface area (Å²) in [4.78, 5) is 20.9. The lowest BCUT2D eigenvalue weighted by atomic mass is 9.99. The minimum atomic E-state index is -0.279. The maximum Gasteiger partial charge on any atom is 0.262 e. The number of halogens is 1. The molecule has 1 N–H and O–H groups in total. The molecule has 0 aliphatic rings. The van der Waals surface area contributed by atoms with E-state index in [2.05, 4.69) is 29.1 Å². The van der Waals surface area contributed by atoms with Crippen LogP contribution >= 0.6 is 11.6 Å². The summed E-state index contributed by atoms with van der Waals surface area (Å²) in [5, 5.41) is 3.27. The SMILES string of the molecule is CC[C@@H](C)c1ccc(OCC(=O)Nc2ccc(Cl)c(-c3nc4ncccc4o3)c2)cc1. The van der Waals surface area contributed by atoms with Crippen molar-refractivity contribution in [3.05, 3.63) is 71.4 Å². The van der Waals surface area contributed by atoms with Crippen molar-refractivity contribution in [3.63, 3.8) is 0 Å². The number of hydrogen-bond donors (Lipinski definition) is 1. The van der Waals surface area contributed by atoms with Crippen molar-refractivity contribution >= 4 is 34.4 Å². The zero-order valence-electron chi connectivity index (χ0n) is 17.3. The lowest BCUT2D eigenvalue weighted by Gasteiger charge is -2.11. The number of aromatic nitrogens is 2. The van der Waals surface area contributed by atoms with Crippen molar-refractivity contribution in [3.8, 4) is 17.2 Å². The first-order valence-corrected chi connectivity index (χ1v) is 10.5. The Morgan fingerprint density at radius 1 is 1.19 bits per heavy atom. The van der Waals surface area contributed by atoms with Gasteiger partial charge in [0.2, 0.25) is 5.89 Å². The van der Waals surface area contributed by atoms with E-state index in [0.29, 0.717) is 45.1 Å². The van der Waals surface area contributed by atoms with Gasteiger partial charge < -0.3 is 14.5 Å². The second kappa shape index (κ2) is 9.18. The molecule has 6 nitrogen and oxygen atoms in total. The second-order valence-corrected chi connectivity index (χ2v) is 7.66. The van der Waals surface area contributed by atoms with Crippen LogP contribution in [0.2, 0.25) is 5.02 Å². The molecule has 0 saturated heterocycles. The highest BCUT2D eigenvalue weighted by atomic mass is 35.5. The Hall–Kier alpha value is -3.38. The number of pyridine rings is 1. The molecular weight excluding hydrogens is 414 g/mol. The van der Waals surface area contributed by atoms with Crippen molar-refractivity contribution in [2.75, 3.05) is 11.9 Å². The Morgan fingerprint density at radius 2 is 2.00 bits per heavy atom. The number of nitrogens with one attached hydrogen (secondary N) is 1. The second-order valence-electron chi connectivity index (χ2n) is 7.25. The molecular formula is C24H22ClN3O3. The molecule has 0 aliphatic carbocycles. The molecule has 1 amide bonds. The lowest BCUT2D eigenvalue weighted by molar-refractivity contribution is -0.118. The fourth-order valence-electron chi connectivity index (χ4n) is 3.13. The van der Waals surface area contributed by atoms with Crippen LogP contribution in [-0.4, -0.2) is 22.5 Å². The molecule has 0 bridgehead atoms. The third-order valence-electron chi connectivity index (χ3n) is 5.08. The fourth-order valence-corrected chi connectivity index (χ4v) is 3.32. The van der Waals surface area contributed by atoms with E-state index < -0.39 is 0 Å². The summed E-state index contributed by atoms with van der Waals surface area (Å²) in [6.07, 6.45) is 2.72. The lowest BCUT2D eigenvalue weighted by Crippen LogP contribution is -2.20. The van der Waals surface area contributed by atoms with Crippen molar-refractivity contribution in [2.45, 2.75) is 26.2 Å². The van der Waals surface area contributed by atoms with Gasteiger partial charge in [-0.25, -0.2) is 4.98 Å². The predicted octanol–water partition coefficient (Wildman–Crippen LogP) is 6.07. The first kappa shape index (κ1) is 20.9. The number of oxazole rings is 1. The molecule has 2 heterocycles. The summed E-state index contributed by atoms with van der Waals surface area (Å²) in [5.74, 6) is 1.21. The number of anilines is 1. The van der Waals surface area contributed by atoms with Gasteiger partial charge in [0.05, 0.1) is 10.6 Å². The van der Waals surface area contributed by atoms with Gasteiger partial charge >= 0.3 is 0 Å². The number of ether oxygens (including phenoxy) is 1. The highest BCUT2D eigenvalue weighted by molar-refractivity contribution is 6.33. The van der Waals surface area contributed by atoms with E-state index in [1.165, 1.54) is 5.56 Å². The number of carbonyl (C=O) groups excluding carboxylic acids is 1. The van der Waals surface area contributed by atoms with Gasteiger partial charge in [0.1, 0.15) is 5.75 Å². The molecule has 7 heteroatoms. The highest BCUT2D eigenvalue weighted by Gasteiger charge is 2.14. The number of amides is 1. The van der Waals surface area contributed by atoms with Crippen LogP contribution in [-0.2, 0) is 4.79 Å². The fraction of sp³-hybridized carbons (Fsp3) is 0.208. The Labute approximate surface area is 185 Å². The molecule has 2 aromatic carbocycles. The number of benzene rings is 2. The van der Waals surface area contributed by atoms with Crippen molar-refractivity contribution < 1.29 is 13.9 Å². The molecule has 1 atom stereocenters. The van der Waals surface area contributed by atoms with E-state index in [-0.39, 0.29) is 12.5 Å². The van der Waals surface area contributed by atoms with Crippen LogP contribution in [0.1, 0.15) is 31.7 Å². The number of rotatable bonds is 7. The van der Waals surface area contributed by atoms with Gasteiger partial charge in [-0.3, -0.25) is 4.79 Å². The molecule has 0 spiro atoms. The van der Waals surface area contributed by atoms with Crippen LogP contribution in [0.3, 0.4) is 0 Å². The van der Waals surface area contributed by atoms with Gasteiger partial charge in [-0.2, -0.15) is 4.98 Å². The Kier molecular flexibility index (Phi) is 6.18. The highest BCUT2D eigenvalue weighted by Crippen LogP contribution is 2.31. The predicted molar refractivity (Wildman–Crippen MR) is 122 cm³/mol. The van der Waals surface area contributed by atoms with E-state index in [1.54, 1.807) is 36.5 Å². The average Bonchev–Trinajstić information content (AvgIpc) is 3.23. The molecule has 158 valence electrons. The summed E-state index contributed by atoms with van der Waals surface area (Å²) in [6, 6.07) is 16.5. The minimum absolute atomic E-state index is 0.104. The van der Waals surface area contributed by atoms with Gasteiger partial charge in [0.15, 0.2) is 17.8 Å². The normalized spacial score (nSPS) is 12.0. The molecule has 0 fully saturated rings. The van der Waals surface area contributed by atoms with E-state index in [9.17, 15) is 4.79 Å². The van der Waals surface area contributed by atoms with Gasteiger partial charge in [-0.15, -0.1) is 0 Å². The Balaban J connectivity index is 1.42. The third kappa shape index (κ3) is 4.86. The zero-order chi connectivity index (χ0) is 21.8. The summed E-state index contributed by atoms with van der Waals surface area (Å²) in [7, 11) is 0. The van der Waals surface area contributed by atoms with Crippen LogP contribution in [0.4, 0.5) is 5.69 Å². The monoisotopic (exact) mass is 435 g/mol. The van der Waals surface area contributed by atoms with Crippen LogP contribution in [0.15, 0.2) is 65.2 Å². The first-order chi connectivity index (χ1) is 15.0. The van der Waals surface area contributed by atoms with Gasteiger partial charge in [-0.05, 0) is 60.4 Å². The number of fused-ring (bicyclic) bond motifs is 1. The largest absolute Gasteiger partial charge is 0.484 e. The molecule has 31 heavy (non-hydrogen) atoms. The summed E-state index contributed by atoms with van der Waals surface area (Å²) in [6.45, 7) is 4.23. The van der Waals surface area contributed by atoms with Crippen molar-refractivity contribution in [1.82, 2.24) is 9.97 Å². The topological polar surface area (TPSA) is 77.2 Å². The van der Waals surface area contributed by atoms with E-state index in [1.807, 2.05) is 24.3 Å². The minimum Gasteiger partial charge on any atom is -0.484 e. The quantitative estimate of drug-likeness (QED) is 0.381. The van der Waals surface area contributed by atoms with Gasteiger partial charge in [-0.1, -0.05) is 37.6 Å². The van der Waals surface area contributed by atoms with Crippen LogP contribution in [0, 0.1) is 0 Å². The molecule has 0 unspecified atom stereocenters.